The number of methoxy groups -OCH3 is 1. The summed E-state index contributed by atoms with van der Waals surface area (Å²) >= 11 is 0. The molecular formula is C47H44O2. The SMILES string of the molecule is CCCCC(CC)COc1cc(/C=C/c2c3ccccc3cc3ccccc23)c(OC)cc1/C=C/c1c2ccccc2cc2ccccc12. The third-order valence-corrected chi connectivity index (χ3v) is 9.86. The van der Waals surface area contributed by atoms with Gasteiger partial charge in [-0.25, -0.2) is 0 Å². The smallest absolute Gasteiger partial charge is 0.127 e. The molecule has 0 aliphatic heterocycles. The minimum absolute atomic E-state index is 0.516. The molecule has 0 heterocycles. The summed E-state index contributed by atoms with van der Waals surface area (Å²) in [6, 6.07) is 43.3. The van der Waals surface area contributed by atoms with E-state index in [1.54, 1.807) is 7.11 Å². The maximum absolute atomic E-state index is 6.74. The van der Waals surface area contributed by atoms with Crippen LogP contribution in [-0.4, -0.2) is 13.7 Å². The molecule has 0 saturated heterocycles. The van der Waals surface area contributed by atoms with Crippen LogP contribution in [0.4, 0.5) is 0 Å². The Hall–Kier alpha value is -5.34. The third-order valence-electron chi connectivity index (χ3n) is 9.86. The van der Waals surface area contributed by atoms with Crippen LogP contribution in [0.3, 0.4) is 0 Å². The summed E-state index contributed by atoms with van der Waals surface area (Å²) in [6.45, 7) is 5.22. The molecule has 2 heteroatoms. The van der Waals surface area contributed by atoms with Gasteiger partial charge >= 0.3 is 0 Å². The third kappa shape index (κ3) is 6.82. The van der Waals surface area contributed by atoms with Crippen molar-refractivity contribution < 1.29 is 9.47 Å². The van der Waals surface area contributed by atoms with Crippen LogP contribution in [-0.2, 0) is 0 Å². The first-order valence-electron chi connectivity index (χ1n) is 17.7. The highest BCUT2D eigenvalue weighted by molar-refractivity contribution is 6.09. The fourth-order valence-corrected chi connectivity index (χ4v) is 7.06. The van der Waals surface area contributed by atoms with Gasteiger partial charge in [0.15, 0.2) is 0 Å². The van der Waals surface area contributed by atoms with E-state index in [2.05, 4.69) is 159 Å². The van der Waals surface area contributed by atoms with Gasteiger partial charge in [0.05, 0.1) is 13.7 Å². The Kier molecular flexibility index (Phi) is 9.75. The Morgan fingerprint density at radius 2 is 0.959 bits per heavy atom. The lowest BCUT2D eigenvalue weighted by molar-refractivity contribution is 0.232. The molecule has 1 unspecified atom stereocenters. The zero-order valence-electron chi connectivity index (χ0n) is 28.8. The van der Waals surface area contributed by atoms with Gasteiger partial charge in [-0.15, -0.1) is 0 Å². The molecule has 1 atom stereocenters. The molecule has 0 N–H and O–H groups in total. The summed E-state index contributed by atoms with van der Waals surface area (Å²) in [4.78, 5) is 0. The Morgan fingerprint density at radius 3 is 1.39 bits per heavy atom. The molecule has 0 radical (unpaired) electrons. The molecule has 244 valence electrons. The van der Waals surface area contributed by atoms with Crippen molar-refractivity contribution in [1.82, 2.24) is 0 Å². The van der Waals surface area contributed by atoms with Crippen molar-refractivity contribution in [2.24, 2.45) is 5.92 Å². The molecule has 0 saturated carbocycles. The molecule has 7 aromatic carbocycles. The Balaban J connectivity index is 1.34. The monoisotopic (exact) mass is 640 g/mol. The van der Waals surface area contributed by atoms with E-state index in [-0.39, 0.29) is 0 Å². The summed E-state index contributed by atoms with van der Waals surface area (Å²) < 4.78 is 12.8. The van der Waals surface area contributed by atoms with Gasteiger partial charge in [-0.1, -0.05) is 154 Å². The summed E-state index contributed by atoms with van der Waals surface area (Å²) in [5.74, 6) is 2.20. The number of fused-ring (bicyclic) bond motifs is 4. The van der Waals surface area contributed by atoms with E-state index in [9.17, 15) is 0 Å². The standard InChI is InChI=1S/C47H44O2/c1-4-6-15-33(5-2)32-49-47-31-38(24-26-44-40-20-11-7-16-34(40)28-35-17-8-12-21-41(35)44)46(48-3)30-39(47)25-27-45-42-22-13-9-18-36(42)29-37-19-10-14-23-43(37)45/h7-14,16-31,33H,4-6,15,32H2,1-3H3/b26-24+,27-25+. The number of ether oxygens (including phenoxy) is 2. The molecule has 0 amide bonds. The first kappa shape index (κ1) is 32.2. The minimum atomic E-state index is 0.516. The summed E-state index contributed by atoms with van der Waals surface area (Å²) in [5.41, 5.74) is 4.41. The minimum Gasteiger partial charge on any atom is -0.496 e. The van der Waals surface area contributed by atoms with Crippen molar-refractivity contribution in [2.75, 3.05) is 13.7 Å². The maximum Gasteiger partial charge on any atom is 0.127 e. The molecule has 0 aliphatic carbocycles. The predicted molar refractivity (Wildman–Crippen MR) is 213 cm³/mol. The van der Waals surface area contributed by atoms with Crippen LogP contribution in [0.1, 0.15) is 61.8 Å². The van der Waals surface area contributed by atoms with E-state index in [0.717, 1.165) is 29.0 Å². The topological polar surface area (TPSA) is 18.5 Å². The molecule has 0 aromatic heterocycles. The van der Waals surface area contributed by atoms with Crippen LogP contribution < -0.4 is 9.47 Å². The molecule has 0 aliphatic rings. The number of benzene rings is 7. The van der Waals surface area contributed by atoms with E-state index in [1.807, 2.05) is 0 Å². The highest BCUT2D eigenvalue weighted by atomic mass is 16.5. The van der Waals surface area contributed by atoms with Gasteiger partial charge in [-0.2, -0.15) is 0 Å². The Bertz CT molecular complexity index is 2200. The highest BCUT2D eigenvalue weighted by Gasteiger charge is 2.14. The fourth-order valence-electron chi connectivity index (χ4n) is 7.06. The molecule has 0 spiro atoms. The van der Waals surface area contributed by atoms with Crippen LogP contribution in [0, 0.1) is 5.92 Å². The largest absolute Gasteiger partial charge is 0.496 e. The van der Waals surface area contributed by atoms with Gasteiger partial charge in [-0.05, 0) is 90.8 Å². The van der Waals surface area contributed by atoms with Crippen molar-refractivity contribution in [3.8, 4) is 11.5 Å². The normalized spacial score (nSPS) is 12.6. The molecular weight excluding hydrogens is 597 g/mol. The summed E-state index contributed by atoms with van der Waals surface area (Å²) in [5, 5.41) is 9.87. The fraction of sp³-hybridized carbons (Fsp3) is 0.191. The van der Waals surface area contributed by atoms with Gasteiger partial charge in [0, 0.05) is 11.1 Å². The van der Waals surface area contributed by atoms with Gasteiger partial charge in [0.2, 0.25) is 0 Å². The summed E-state index contributed by atoms with van der Waals surface area (Å²) in [6.07, 6.45) is 13.6. The van der Waals surface area contributed by atoms with Crippen LogP contribution in [0.25, 0.3) is 67.4 Å². The average Bonchev–Trinajstić information content (AvgIpc) is 3.15. The number of unbranched alkanes of at least 4 members (excludes halogenated alkanes) is 1. The number of hydrogen-bond donors (Lipinski definition) is 0. The molecule has 49 heavy (non-hydrogen) atoms. The number of rotatable bonds is 12. The highest BCUT2D eigenvalue weighted by Crippen LogP contribution is 2.36. The van der Waals surface area contributed by atoms with Crippen molar-refractivity contribution in [3.05, 3.63) is 144 Å². The second-order valence-corrected chi connectivity index (χ2v) is 13.0. The van der Waals surface area contributed by atoms with E-state index >= 15 is 0 Å². The lowest BCUT2D eigenvalue weighted by Crippen LogP contribution is -2.12. The van der Waals surface area contributed by atoms with E-state index in [4.69, 9.17) is 9.47 Å². The maximum atomic E-state index is 6.74. The molecule has 2 nitrogen and oxygen atoms in total. The van der Waals surface area contributed by atoms with Crippen LogP contribution in [0.15, 0.2) is 121 Å². The zero-order chi connectivity index (χ0) is 33.6. The molecule has 0 bridgehead atoms. The summed E-state index contributed by atoms with van der Waals surface area (Å²) in [7, 11) is 1.75. The second kappa shape index (κ2) is 14.8. The van der Waals surface area contributed by atoms with Crippen molar-refractivity contribution in [2.45, 2.75) is 39.5 Å². The van der Waals surface area contributed by atoms with Crippen LogP contribution in [0.5, 0.6) is 11.5 Å². The predicted octanol–water partition coefficient (Wildman–Crippen LogP) is 13.2. The second-order valence-electron chi connectivity index (χ2n) is 13.0. The van der Waals surface area contributed by atoms with Gasteiger partial charge in [0.1, 0.15) is 11.5 Å². The quantitative estimate of drug-likeness (QED) is 0.0977. The van der Waals surface area contributed by atoms with Crippen molar-refractivity contribution in [1.29, 1.82) is 0 Å². The van der Waals surface area contributed by atoms with Crippen molar-refractivity contribution in [3.63, 3.8) is 0 Å². The Labute approximate surface area is 290 Å². The van der Waals surface area contributed by atoms with E-state index in [0.29, 0.717) is 12.5 Å². The lowest BCUT2D eigenvalue weighted by Gasteiger charge is -2.18. The zero-order valence-corrected chi connectivity index (χ0v) is 28.8. The van der Waals surface area contributed by atoms with Gasteiger partial charge in [0.25, 0.3) is 0 Å². The van der Waals surface area contributed by atoms with Crippen molar-refractivity contribution >= 4 is 67.4 Å². The van der Waals surface area contributed by atoms with E-state index < -0.39 is 0 Å². The first-order chi connectivity index (χ1) is 24.2. The van der Waals surface area contributed by atoms with E-state index in [1.165, 1.54) is 73.5 Å². The average molecular weight is 641 g/mol. The lowest BCUT2D eigenvalue weighted by atomic mass is 9.95. The van der Waals surface area contributed by atoms with Crippen LogP contribution in [0.2, 0.25) is 0 Å². The first-order valence-corrected chi connectivity index (χ1v) is 17.7. The molecule has 0 fully saturated rings. The Morgan fingerprint density at radius 1 is 0.531 bits per heavy atom. The molecule has 7 rings (SSSR count). The number of hydrogen-bond acceptors (Lipinski definition) is 2. The van der Waals surface area contributed by atoms with Gasteiger partial charge < -0.3 is 9.47 Å². The van der Waals surface area contributed by atoms with Crippen LogP contribution >= 0.6 is 0 Å². The van der Waals surface area contributed by atoms with Gasteiger partial charge in [-0.3, -0.25) is 0 Å². The molecule has 7 aromatic rings.